The van der Waals surface area contributed by atoms with Gasteiger partial charge in [0, 0.05) is 18.2 Å². The summed E-state index contributed by atoms with van der Waals surface area (Å²) in [5.41, 5.74) is 4.59. The first-order valence-electron chi connectivity index (χ1n) is 7.47. The molecule has 0 atom stereocenters. The molecule has 2 aromatic rings. The number of allylic oxidation sites excluding steroid dienone is 1. The van der Waals surface area contributed by atoms with Crippen molar-refractivity contribution < 1.29 is 17.8 Å². The molecule has 7 nitrogen and oxygen atoms in total. The lowest BCUT2D eigenvalue weighted by molar-refractivity contribution is -0.675. The maximum atomic E-state index is 11.4. The van der Waals surface area contributed by atoms with Crippen molar-refractivity contribution in [3.8, 4) is 5.75 Å². The van der Waals surface area contributed by atoms with Crippen LogP contribution >= 0.6 is 11.9 Å². The van der Waals surface area contributed by atoms with Gasteiger partial charge in [-0.1, -0.05) is 23.2 Å². The Labute approximate surface area is 152 Å². The van der Waals surface area contributed by atoms with Crippen LogP contribution in [0.15, 0.2) is 64.4 Å². The fourth-order valence-electron chi connectivity index (χ4n) is 1.86. The highest BCUT2D eigenvalue weighted by Crippen LogP contribution is 2.07. The first kappa shape index (κ1) is 19.1. The highest BCUT2D eigenvalue weighted by atomic mass is 32.2. The number of benzene rings is 1. The third kappa shape index (κ3) is 5.64. The molecule has 0 saturated carbocycles. The fraction of sp³-hybridized carbons (Fsp3) is 0.250. The molecular formula is C16H21N4O3S2+. The molecule has 1 N–H and O–H groups in total. The molecular weight excluding hydrogens is 360 g/mol. The highest BCUT2D eigenvalue weighted by Gasteiger charge is 2.13. The van der Waals surface area contributed by atoms with Crippen LogP contribution in [0.2, 0.25) is 0 Å². The largest absolute Gasteiger partial charge is 0.471 e. The minimum atomic E-state index is -2.72. The molecule has 0 fully saturated rings. The Kier molecular flexibility index (Phi) is 7.08. The summed E-state index contributed by atoms with van der Waals surface area (Å²) in [6.07, 6.45) is 6.57. The van der Waals surface area contributed by atoms with Gasteiger partial charge in [0.25, 0.3) is 0 Å². The van der Waals surface area contributed by atoms with Gasteiger partial charge in [0.1, 0.15) is 23.0 Å². The third-order valence-corrected chi connectivity index (χ3v) is 4.30. The van der Waals surface area contributed by atoms with Gasteiger partial charge in [-0.3, -0.25) is 0 Å². The number of aromatic nitrogens is 2. The zero-order valence-corrected chi connectivity index (χ0v) is 16.0. The molecule has 1 aromatic carbocycles. The van der Waals surface area contributed by atoms with E-state index in [1.165, 1.54) is 24.3 Å². The monoisotopic (exact) mass is 381 g/mol. The summed E-state index contributed by atoms with van der Waals surface area (Å²) in [4.78, 5) is 4.60. The van der Waals surface area contributed by atoms with Gasteiger partial charge >= 0.3 is 5.62 Å². The van der Waals surface area contributed by atoms with E-state index in [0.717, 1.165) is 5.57 Å². The van der Waals surface area contributed by atoms with Crippen LogP contribution in [0.3, 0.4) is 0 Å². The molecule has 25 heavy (non-hydrogen) atoms. The predicted octanol–water partition coefficient (Wildman–Crippen LogP) is 1.28. The van der Waals surface area contributed by atoms with Crippen LogP contribution in [-0.2, 0) is 10.7 Å². The van der Waals surface area contributed by atoms with Gasteiger partial charge in [-0.2, -0.15) is 3.97 Å². The Morgan fingerprint density at radius 3 is 2.68 bits per heavy atom. The molecule has 0 radical (unpaired) electrons. The summed E-state index contributed by atoms with van der Waals surface area (Å²) in [5.74, 6) is 0.710. The summed E-state index contributed by atoms with van der Waals surface area (Å²) in [6.45, 7) is 4.03. The number of thiol groups is 1. The number of para-hydroxylation sites is 1. The topological polar surface area (TPSA) is 76.6 Å². The number of hydrogen-bond donors (Lipinski definition) is 2. The molecule has 134 valence electrons. The molecule has 0 bridgehead atoms. The van der Waals surface area contributed by atoms with Crippen molar-refractivity contribution in [1.82, 2.24) is 3.97 Å². The number of rotatable bonds is 7. The van der Waals surface area contributed by atoms with E-state index in [2.05, 4.69) is 10.4 Å². The van der Waals surface area contributed by atoms with Crippen LogP contribution in [-0.4, -0.2) is 25.4 Å². The molecule has 0 aliphatic rings. The molecule has 1 heterocycles. The second-order valence-electron chi connectivity index (χ2n) is 5.21. The van der Waals surface area contributed by atoms with Gasteiger partial charge in [0.05, 0.1) is 6.20 Å². The van der Waals surface area contributed by atoms with Crippen molar-refractivity contribution in [2.45, 2.75) is 18.7 Å². The van der Waals surface area contributed by atoms with Crippen LogP contribution in [0.4, 0.5) is 0 Å². The quantitative estimate of drug-likeness (QED) is 0.429. The van der Waals surface area contributed by atoms with E-state index < -0.39 is 10.7 Å². The fourth-order valence-corrected chi connectivity index (χ4v) is 2.88. The summed E-state index contributed by atoms with van der Waals surface area (Å²) in [7, 11) is -2.72. The van der Waals surface area contributed by atoms with Crippen molar-refractivity contribution in [3.05, 3.63) is 60.1 Å². The van der Waals surface area contributed by atoms with E-state index in [0.29, 0.717) is 11.4 Å². The zero-order chi connectivity index (χ0) is 18.2. The van der Waals surface area contributed by atoms with Crippen molar-refractivity contribution in [3.63, 3.8) is 0 Å². The Balaban J connectivity index is 2.36. The minimum Gasteiger partial charge on any atom is -0.471 e. The molecule has 0 aliphatic heterocycles. The smallest absolute Gasteiger partial charge is 0.431 e. The lowest BCUT2D eigenvalue weighted by atomic mass is 10.3. The van der Waals surface area contributed by atoms with Crippen molar-refractivity contribution in [2.24, 2.45) is 4.99 Å². The minimum absolute atomic E-state index is 0.152. The normalized spacial score (nSPS) is 11.4. The van der Waals surface area contributed by atoms with Gasteiger partial charge in [-0.25, -0.2) is 13.8 Å². The van der Waals surface area contributed by atoms with E-state index in [1.54, 1.807) is 14.8 Å². The van der Waals surface area contributed by atoms with E-state index >= 15 is 0 Å². The summed E-state index contributed by atoms with van der Waals surface area (Å²) in [6, 6.07) is 9.34. The summed E-state index contributed by atoms with van der Waals surface area (Å²) >= 11 is 1.35. The van der Waals surface area contributed by atoms with Gasteiger partial charge < -0.3 is 4.74 Å². The molecule has 0 unspecified atom stereocenters. The number of nitrogens with one attached hydrogen (secondary N) is 1. The molecule has 9 heteroatoms. The molecule has 1 aromatic heterocycles. The number of hydrogen-bond acceptors (Lipinski definition) is 6. The zero-order valence-electron chi connectivity index (χ0n) is 14.2. The Morgan fingerprint density at radius 2 is 2.08 bits per heavy atom. The number of ether oxygens (including phenoxy) is 1. The standard InChI is InChI=1S/C16H21N4O3S2/c1-13(2)9-17-16-19(10-15(25(21)22)11-20(16)24-3)18-12-23-14-7-5-4-6-8-14/h4-11,18,25H,12H2,1-3H3/q+1/b17-16-. The van der Waals surface area contributed by atoms with Gasteiger partial charge in [-0.15, -0.1) is 4.68 Å². The van der Waals surface area contributed by atoms with Gasteiger partial charge in [-0.05, 0) is 31.6 Å². The maximum absolute atomic E-state index is 11.4. The van der Waals surface area contributed by atoms with Crippen LogP contribution in [0.5, 0.6) is 5.75 Å². The van der Waals surface area contributed by atoms with Gasteiger partial charge in [0.15, 0.2) is 17.4 Å². The predicted molar refractivity (Wildman–Crippen MR) is 98.4 cm³/mol. The third-order valence-electron chi connectivity index (χ3n) is 2.99. The lowest BCUT2D eigenvalue weighted by Gasteiger charge is -2.09. The Bertz CT molecular complexity index is 878. The second kappa shape index (κ2) is 9.28. The molecule has 2 rings (SSSR count). The molecule has 0 amide bonds. The summed E-state index contributed by atoms with van der Waals surface area (Å²) < 4.78 is 31.6. The van der Waals surface area contributed by atoms with Crippen LogP contribution in [0.25, 0.3) is 0 Å². The van der Waals surface area contributed by atoms with E-state index in [4.69, 9.17) is 4.74 Å². The van der Waals surface area contributed by atoms with Gasteiger partial charge in [0.2, 0.25) is 0 Å². The van der Waals surface area contributed by atoms with E-state index in [9.17, 15) is 8.42 Å². The molecule has 0 spiro atoms. The summed E-state index contributed by atoms with van der Waals surface area (Å²) in [5, 5.41) is 0. The lowest BCUT2D eigenvalue weighted by Crippen LogP contribution is -2.61. The van der Waals surface area contributed by atoms with Crippen molar-refractivity contribution in [1.29, 1.82) is 0 Å². The Hall–Kier alpha value is -2.26. The number of nitrogens with zero attached hydrogens (tertiary/aromatic N) is 3. The second-order valence-corrected chi connectivity index (χ2v) is 7.00. The SMILES string of the molecule is CSn1cc([SH](=O)=O)c[n+](NCOc2ccccc2)/c1=N/C=C(C)C. The van der Waals surface area contributed by atoms with Crippen LogP contribution < -0.4 is 20.5 Å². The van der Waals surface area contributed by atoms with Crippen molar-refractivity contribution >= 4 is 22.7 Å². The first-order valence-corrected chi connectivity index (χ1v) is 9.83. The van der Waals surface area contributed by atoms with Crippen LogP contribution in [0.1, 0.15) is 13.8 Å². The maximum Gasteiger partial charge on any atom is 0.431 e. The first-order chi connectivity index (χ1) is 12.0. The van der Waals surface area contributed by atoms with Crippen LogP contribution in [0, 0.1) is 0 Å². The van der Waals surface area contributed by atoms with E-state index in [-0.39, 0.29) is 11.6 Å². The highest BCUT2D eigenvalue weighted by molar-refractivity contribution is 7.97. The average Bonchev–Trinajstić information content (AvgIpc) is 2.60. The van der Waals surface area contributed by atoms with E-state index in [1.807, 2.05) is 50.4 Å². The van der Waals surface area contributed by atoms with Crippen molar-refractivity contribution in [2.75, 3.05) is 18.4 Å². The molecule has 0 aliphatic carbocycles. The average molecular weight is 382 g/mol. The molecule has 0 saturated heterocycles. The Morgan fingerprint density at radius 1 is 1.36 bits per heavy atom.